The number of hydrogen-bond donors (Lipinski definition) is 3. The van der Waals surface area contributed by atoms with Gasteiger partial charge in [0.1, 0.15) is 5.75 Å². The predicted molar refractivity (Wildman–Crippen MR) is 70.7 cm³/mol. The zero-order valence-corrected chi connectivity index (χ0v) is 10.3. The normalized spacial score (nSPS) is 9.95. The summed E-state index contributed by atoms with van der Waals surface area (Å²) in [5.74, 6) is -0.590. The summed E-state index contributed by atoms with van der Waals surface area (Å²) < 4.78 is 5.01. The van der Waals surface area contributed by atoms with E-state index < -0.39 is 11.7 Å². The Labute approximate surface area is 110 Å². The van der Waals surface area contributed by atoms with Gasteiger partial charge in [-0.2, -0.15) is 0 Å². The summed E-state index contributed by atoms with van der Waals surface area (Å²) in [5, 5.41) is 21.5. The molecule has 1 amide bonds. The average molecular weight is 259 g/mol. The number of hydrogen-bond acceptors (Lipinski definition) is 4. The number of phenols is 2. The zero-order valence-electron chi connectivity index (χ0n) is 10.3. The van der Waals surface area contributed by atoms with Crippen LogP contribution in [0.2, 0.25) is 0 Å². The van der Waals surface area contributed by atoms with Gasteiger partial charge in [-0.05, 0) is 36.4 Å². The van der Waals surface area contributed by atoms with Gasteiger partial charge in [0, 0.05) is 5.69 Å². The number of phenolic OH excluding ortho intramolecular Hbond substituents is 2. The molecule has 2 rings (SSSR count). The summed E-state index contributed by atoms with van der Waals surface area (Å²) in [6.45, 7) is 0. The van der Waals surface area contributed by atoms with Crippen molar-refractivity contribution >= 4 is 11.6 Å². The molecule has 0 spiro atoms. The van der Waals surface area contributed by atoms with Crippen LogP contribution in [0, 0.1) is 0 Å². The molecule has 0 unspecified atom stereocenters. The third-order valence-corrected chi connectivity index (χ3v) is 2.61. The Kier molecular flexibility index (Phi) is 3.56. The molecule has 5 nitrogen and oxygen atoms in total. The summed E-state index contributed by atoms with van der Waals surface area (Å²) in [6.07, 6.45) is 0. The van der Waals surface area contributed by atoms with E-state index in [0.717, 1.165) is 0 Å². The van der Waals surface area contributed by atoms with Crippen LogP contribution < -0.4 is 10.1 Å². The number of anilines is 1. The quantitative estimate of drug-likeness (QED) is 0.739. The summed E-state index contributed by atoms with van der Waals surface area (Å²) >= 11 is 0. The van der Waals surface area contributed by atoms with Crippen molar-refractivity contribution in [3.63, 3.8) is 0 Å². The molecule has 0 aromatic heterocycles. The Hall–Kier alpha value is -2.69. The lowest BCUT2D eigenvalue weighted by Gasteiger charge is -2.08. The summed E-state index contributed by atoms with van der Waals surface area (Å²) in [7, 11) is 1.55. The Balaban J connectivity index is 2.18. The largest absolute Gasteiger partial charge is 0.504 e. The van der Waals surface area contributed by atoms with E-state index in [4.69, 9.17) is 4.74 Å². The van der Waals surface area contributed by atoms with Crippen molar-refractivity contribution in [1.82, 2.24) is 0 Å². The van der Waals surface area contributed by atoms with Crippen molar-refractivity contribution in [3.05, 3.63) is 48.0 Å². The number of nitrogens with one attached hydrogen (secondary N) is 1. The highest BCUT2D eigenvalue weighted by Crippen LogP contribution is 2.28. The van der Waals surface area contributed by atoms with Gasteiger partial charge in [0.15, 0.2) is 11.5 Å². The Bertz CT molecular complexity index is 593. The van der Waals surface area contributed by atoms with Crippen LogP contribution in [-0.4, -0.2) is 23.2 Å². The number of benzene rings is 2. The van der Waals surface area contributed by atoms with Crippen LogP contribution in [0.4, 0.5) is 5.69 Å². The van der Waals surface area contributed by atoms with Gasteiger partial charge in [-0.1, -0.05) is 6.07 Å². The van der Waals surface area contributed by atoms with Crippen LogP contribution in [0.3, 0.4) is 0 Å². The van der Waals surface area contributed by atoms with Gasteiger partial charge in [-0.3, -0.25) is 4.79 Å². The SMILES string of the molecule is COc1ccc(NC(=O)c2cccc(O)c2O)cc1. The van der Waals surface area contributed by atoms with Crippen molar-refractivity contribution in [2.24, 2.45) is 0 Å². The molecule has 2 aromatic carbocycles. The maximum absolute atomic E-state index is 11.9. The molecule has 0 heterocycles. The zero-order chi connectivity index (χ0) is 13.8. The minimum atomic E-state index is -0.501. The molecule has 19 heavy (non-hydrogen) atoms. The molecular formula is C14H13NO4. The topological polar surface area (TPSA) is 78.8 Å². The second-order valence-corrected chi connectivity index (χ2v) is 3.86. The van der Waals surface area contributed by atoms with Crippen LogP contribution in [0.15, 0.2) is 42.5 Å². The summed E-state index contributed by atoms with van der Waals surface area (Å²) in [4.78, 5) is 11.9. The van der Waals surface area contributed by atoms with Crippen molar-refractivity contribution in [1.29, 1.82) is 0 Å². The maximum Gasteiger partial charge on any atom is 0.259 e. The van der Waals surface area contributed by atoms with Gasteiger partial charge in [0.2, 0.25) is 0 Å². The monoisotopic (exact) mass is 259 g/mol. The first-order valence-electron chi connectivity index (χ1n) is 5.58. The number of ether oxygens (including phenoxy) is 1. The Morgan fingerprint density at radius 1 is 1.11 bits per heavy atom. The molecule has 0 aliphatic carbocycles. The molecule has 98 valence electrons. The number of amides is 1. The van der Waals surface area contributed by atoms with Crippen molar-refractivity contribution in [3.8, 4) is 17.2 Å². The third kappa shape index (κ3) is 2.77. The van der Waals surface area contributed by atoms with E-state index in [9.17, 15) is 15.0 Å². The van der Waals surface area contributed by atoms with Crippen LogP contribution >= 0.6 is 0 Å². The van der Waals surface area contributed by atoms with Crippen LogP contribution in [0.1, 0.15) is 10.4 Å². The second kappa shape index (κ2) is 5.30. The van der Waals surface area contributed by atoms with Gasteiger partial charge in [0.25, 0.3) is 5.91 Å². The summed E-state index contributed by atoms with van der Waals surface area (Å²) in [5.41, 5.74) is 0.573. The van der Waals surface area contributed by atoms with Crippen LogP contribution in [0.5, 0.6) is 17.2 Å². The van der Waals surface area contributed by atoms with Crippen LogP contribution in [-0.2, 0) is 0 Å². The fourth-order valence-corrected chi connectivity index (χ4v) is 1.59. The molecule has 0 aliphatic rings. The lowest BCUT2D eigenvalue weighted by Crippen LogP contribution is -2.11. The standard InChI is InChI=1S/C14H13NO4/c1-19-10-7-5-9(6-8-10)15-14(18)11-3-2-4-12(16)13(11)17/h2-8,16-17H,1H3,(H,15,18). The molecule has 5 heteroatoms. The molecule has 0 radical (unpaired) electrons. The third-order valence-electron chi connectivity index (χ3n) is 2.61. The minimum Gasteiger partial charge on any atom is -0.504 e. The average Bonchev–Trinajstić information content (AvgIpc) is 2.42. The molecular weight excluding hydrogens is 246 g/mol. The van der Waals surface area contributed by atoms with E-state index in [2.05, 4.69) is 5.32 Å². The molecule has 0 saturated carbocycles. The molecule has 2 aromatic rings. The molecule has 0 bridgehead atoms. The van der Waals surface area contributed by atoms with E-state index in [0.29, 0.717) is 11.4 Å². The number of aromatic hydroxyl groups is 2. The lowest BCUT2D eigenvalue weighted by molar-refractivity contribution is 0.102. The highest BCUT2D eigenvalue weighted by atomic mass is 16.5. The van der Waals surface area contributed by atoms with Gasteiger partial charge in [-0.15, -0.1) is 0 Å². The first kappa shape index (κ1) is 12.8. The van der Waals surface area contributed by atoms with Crippen molar-refractivity contribution in [2.45, 2.75) is 0 Å². The Morgan fingerprint density at radius 2 is 1.79 bits per heavy atom. The lowest BCUT2D eigenvalue weighted by atomic mass is 10.1. The predicted octanol–water partition coefficient (Wildman–Crippen LogP) is 2.36. The first-order valence-corrected chi connectivity index (χ1v) is 5.58. The number of carbonyl (C=O) groups excluding carboxylic acids is 1. The molecule has 0 aliphatic heterocycles. The molecule has 0 fully saturated rings. The van der Waals surface area contributed by atoms with Gasteiger partial charge >= 0.3 is 0 Å². The number of para-hydroxylation sites is 1. The fourth-order valence-electron chi connectivity index (χ4n) is 1.59. The molecule has 0 saturated heterocycles. The summed E-state index contributed by atoms with van der Waals surface area (Å²) in [6, 6.07) is 11.0. The van der Waals surface area contributed by atoms with Gasteiger partial charge < -0.3 is 20.3 Å². The van der Waals surface area contributed by atoms with Crippen molar-refractivity contribution < 1.29 is 19.7 Å². The highest BCUT2D eigenvalue weighted by Gasteiger charge is 2.13. The van der Waals surface area contributed by atoms with Gasteiger partial charge in [-0.25, -0.2) is 0 Å². The maximum atomic E-state index is 11.9. The number of rotatable bonds is 3. The second-order valence-electron chi connectivity index (χ2n) is 3.86. The first-order chi connectivity index (χ1) is 9.11. The van der Waals surface area contributed by atoms with E-state index in [1.807, 2.05) is 0 Å². The smallest absolute Gasteiger partial charge is 0.259 e. The fraction of sp³-hybridized carbons (Fsp3) is 0.0714. The van der Waals surface area contributed by atoms with E-state index >= 15 is 0 Å². The molecule has 0 atom stereocenters. The van der Waals surface area contributed by atoms with Crippen LogP contribution in [0.25, 0.3) is 0 Å². The molecule has 3 N–H and O–H groups in total. The number of methoxy groups -OCH3 is 1. The highest BCUT2D eigenvalue weighted by molar-refractivity contribution is 6.06. The van der Waals surface area contributed by atoms with Gasteiger partial charge in [0.05, 0.1) is 12.7 Å². The van der Waals surface area contributed by atoms with Crippen molar-refractivity contribution in [2.75, 3.05) is 12.4 Å². The van der Waals surface area contributed by atoms with E-state index in [-0.39, 0.29) is 11.3 Å². The Morgan fingerprint density at radius 3 is 2.42 bits per heavy atom. The van der Waals surface area contributed by atoms with E-state index in [1.54, 1.807) is 31.4 Å². The minimum absolute atomic E-state index is 0.0100. The number of carbonyl (C=O) groups is 1. The van der Waals surface area contributed by atoms with E-state index in [1.165, 1.54) is 18.2 Å².